The lowest BCUT2D eigenvalue weighted by molar-refractivity contribution is 0.0709. The molecule has 8 nitrogen and oxygen atoms in total. The molecule has 1 amide bonds. The SMILES string of the molecule is Cc1cc(C)nc(OCC2CC3CCC2N3C(=O)c2cccc(F)c2N2N=CCN2C)n1. The average molecular weight is 439 g/mol. The number of aromatic nitrogens is 2. The lowest BCUT2D eigenvalue weighted by Gasteiger charge is -2.28. The van der Waals surface area contributed by atoms with Crippen molar-refractivity contribution < 1.29 is 13.9 Å². The Bertz CT molecular complexity index is 1060. The Morgan fingerprint density at radius 2 is 2.00 bits per heavy atom. The van der Waals surface area contributed by atoms with Crippen molar-refractivity contribution in [2.24, 2.45) is 11.0 Å². The van der Waals surface area contributed by atoms with Crippen molar-refractivity contribution in [1.82, 2.24) is 19.9 Å². The second-order valence-corrected chi connectivity index (χ2v) is 8.81. The van der Waals surface area contributed by atoms with Gasteiger partial charge in [-0.15, -0.1) is 0 Å². The number of carbonyl (C=O) groups excluding carboxylic acids is 1. The molecule has 1 aromatic carbocycles. The molecule has 3 aliphatic rings. The van der Waals surface area contributed by atoms with Crippen LogP contribution < -0.4 is 9.85 Å². The van der Waals surface area contributed by atoms with Gasteiger partial charge in [0.25, 0.3) is 5.91 Å². The minimum atomic E-state index is -0.458. The van der Waals surface area contributed by atoms with Crippen LogP contribution in [0.3, 0.4) is 0 Å². The number of ether oxygens (including phenoxy) is 1. The van der Waals surface area contributed by atoms with E-state index in [1.807, 2.05) is 31.9 Å². The third-order valence-electron chi connectivity index (χ3n) is 6.57. The molecule has 3 aliphatic heterocycles. The molecule has 0 saturated carbocycles. The second-order valence-electron chi connectivity index (χ2n) is 8.81. The first-order valence-electron chi connectivity index (χ1n) is 11.0. The highest BCUT2D eigenvalue weighted by Gasteiger charge is 2.49. The van der Waals surface area contributed by atoms with Crippen LogP contribution in [0.15, 0.2) is 29.4 Å². The van der Waals surface area contributed by atoms with Crippen LogP contribution >= 0.6 is 0 Å². The van der Waals surface area contributed by atoms with E-state index in [4.69, 9.17) is 4.74 Å². The summed E-state index contributed by atoms with van der Waals surface area (Å²) >= 11 is 0. The van der Waals surface area contributed by atoms with Gasteiger partial charge in [-0.3, -0.25) is 4.79 Å². The van der Waals surface area contributed by atoms with Crippen LogP contribution in [0.2, 0.25) is 0 Å². The van der Waals surface area contributed by atoms with Crippen LogP contribution in [0.5, 0.6) is 6.01 Å². The molecule has 2 bridgehead atoms. The van der Waals surface area contributed by atoms with E-state index in [1.54, 1.807) is 23.4 Å². The number of amides is 1. The number of hydrogen-bond acceptors (Lipinski definition) is 7. The number of benzene rings is 1. The summed E-state index contributed by atoms with van der Waals surface area (Å²) in [7, 11) is 1.82. The van der Waals surface area contributed by atoms with Crippen molar-refractivity contribution >= 4 is 17.8 Å². The van der Waals surface area contributed by atoms with E-state index in [0.29, 0.717) is 24.7 Å². The summed E-state index contributed by atoms with van der Waals surface area (Å²) in [6.07, 6.45) is 4.44. The van der Waals surface area contributed by atoms with Crippen LogP contribution in [0.4, 0.5) is 10.1 Å². The van der Waals surface area contributed by atoms with E-state index in [1.165, 1.54) is 11.2 Å². The fourth-order valence-corrected chi connectivity index (χ4v) is 5.20. The van der Waals surface area contributed by atoms with Gasteiger partial charge in [-0.25, -0.2) is 14.4 Å². The van der Waals surface area contributed by atoms with Crippen LogP contribution in [0, 0.1) is 25.6 Å². The van der Waals surface area contributed by atoms with Crippen molar-refractivity contribution in [2.45, 2.75) is 45.2 Å². The molecule has 0 radical (unpaired) electrons. The number of nitrogens with zero attached hydrogens (tertiary/aromatic N) is 6. The zero-order valence-electron chi connectivity index (χ0n) is 18.5. The van der Waals surface area contributed by atoms with Gasteiger partial charge in [0, 0.05) is 42.7 Å². The summed E-state index contributed by atoms with van der Waals surface area (Å²) in [6.45, 7) is 4.86. The van der Waals surface area contributed by atoms with Crippen molar-refractivity contribution in [3.8, 4) is 6.01 Å². The van der Waals surface area contributed by atoms with Crippen molar-refractivity contribution in [3.63, 3.8) is 0 Å². The Labute approximate surface area is 186 Å². The number of hydrazone groups is 1. The summed E-state index contributed by atoms with van der Waals surface area (Å²) < 4.78 is 20.8. The predicted octanol–water partition coefficient (Wildman–Crippen LogP) is 2.96. The maximum Gasteiger partial charge on any atom is 0.316 e. The molecule has 168 valence electrons. The van der Waals surface area contributed by atoms with Gasteiger partial charge in [0.15, 0.2) is 5.82 Å². The molecule has 2 saturated heterocycles. The first kappa shape index (κ1) is 20.8. The zero-order chi connectivity index (χ0) is 22.4. The molecule has 32 heavy (non-hydrogen) atoms. The van der Waals surface area contributed by atoms with E-state index < -0.39 is 5.82 Å². The predicted molar refractivity (Wildman–Crippen MR) is 118 cm³/mol. The monoisotopic (exact) mass is 438 g/mol. The summed E-state index contributed by atoms with van der Waals surface area (Å²) in [4.78, 5) is 24.3. The number of carbonyl (C=O) groups is 1. The van der Waals surface area contributed by atoms with Crippen LogP contribution in [0.1, 0.15) is 41.0 Å². The van der Waals surface area contributed by atoms with Crippen LogP contribution in [-0.2, 0) is 0 Å². The second kappa shape index (κ2) is 8.12. The Hall–Kier alpha value is -3.07. The maximum absolute atomic E-state index is 14.8. The molecule has 2 fully saturated rings. The summed E-state index contributed by atoms with van der Waals surface area (Å²) in [5.41, 5.74) is 2.28. The Kier molecular flexibility index (Phi) is 5.28. The third-order valence-corrected chi connectivity index (χ3v) is 6.57. The molecule has 4 heterocycles. The number of para-hydroxylation sites is 1. The Balaban J connectivity index is 1.36. The van der Waals surface area contributed by atoms with Gasteiger partial charge in [-0.2, -0.15) is 15.2 Å². The lowest BCUT2D eigenvalue weighted by Crippen LogP contribution is -2.39. The number of hydrazine groups is 1. The molecule has 9 heteroatoms. The lowest BCUT2D eigenvalue weighted by atomic mass is 9.90. The molecule has 5 rings (SSSR count). The van der Waals surface area contributed by atoms with Gasteiger partial charge in [0.1, 0.15) is 5.69 Å². The molecule has 0 N–H and O–H groups in total. The van der Waals surface area contributed by atoms with Gasteiger partial charge in [-0.1, -0.05) is 6.07 Å². The molecule has 3 unspecified atom stereocenters. The van der Waals surface area contributed by atoms with Crippen molar-refractivity contribution in [3.05, 3.63) is 47.0 Å². The number of anilines is 1. The fourth-order valence-electron chi connectivity index (χ4n) is 5.20. The molecule has 3 atom stereocenters. The number of rotatable bonds is 5. The zero-order valence-corrected chi connectivity index (χ0v) is 18.5. The minimum Gasteiger partial charge on any atom is -0.463 e. The van der Waals surface area contributed by atoms with Gasteiger partial charge >= 0.3 is 6.01 Å². The average Bonchev–Trinajstić information content (AvgIpc) is 3.45. The molecule has 2 aromatic rings. The number of halogens is 1. The highest BCUT2D eigenvalue weighted by Crippen LogP contribution is 2.43. The van der Waals surface area contributed by atoms with Gasteiger partial charge in [0.05, 0.1) is 18.7 Å². The van der Waals surface area contributed by atoms with Crippen molar-refractivity contribution in [2.75, 3.05) is 25.3 Å². The molecule has 1 aromatic heterocycles. The largest absolute Gasteiger partial charge is 0.463 e. The Morgan fingerprint density at radius 3 is 2.72 bits per heavy atom. The number of aryl methyl sites for hydroxylation is 2. The van der Waals surface area contributed by atoms with Crippen LogP contribution in [0.25, 0.3) is 0 Å². The summed E-state index contributed by atoms with van der Waals surface area (Å²) in [6, 6.07) is 7.13. The smallest absolute Gasteiger partial charge is 0.316 e. The first-order valence-corrected chi connectivity index (χ1v) is 11.0. The maximum atomic E-state index is 14.8. The molecular weight excluding hydrogens is 411 g/mol. The Morgan fingerprint density at radius 1 is 1.22 bits per heavy atom. The van der Waals surface area contributed by atoms with E-state index in [0.717, 1.165) is 30.7 Å². The standard InChI is InChI=1S/C23H27FN6O2/c1-14-11-15(2)27-23(26-14)32-13-16-12-17-7-8-20(16)29(17)22(31)18-5-4-6-19(24)21(18)30-25-9-10-28(30)3/h4-6,9,11,16-17,20H,7-8,10,12-13H2,1-3H3. The molecular formula is C23H27FN6O2. The first-order chi connectivity index (χ1) is 15.4. The normalized spacial score (nSPS) is 24.6. The summed E-state index contributed by atoms with van der Waals surface area (Å²) in [5, 5.41) is 7.50. The van der Waals surface area contributed by atoms with Crippen LogP contribution in [-0.4, -0.2) is 64.3 Å². The number of hydrogen-bond donors (Lipinski definition) is 0. The fraction of sp³-hybridized carbons (Fsp3) is 0.478. The quantitative estimate of drug-likeness (QED) is 0.715. The summed E-state index contributed by atoms with van der Waals surface area (Å²) in [5.74, 6) is -0.403. The highest BCUT2D eigenvalue weighted by atomic mass is 19.1. The molecule has 0 aliphatic carbocycles. The van der Waals surface area contributed by atoms with E-state index in [9.17, 15) is 9.18 Å². The van der Waals surface area contributed by atoms with Gasteiger partial charge in [0.2, 0.25) is 0 Å². The topological polar surface area (TPSA) is 74.2 Å². The molecule has 0 spiro atoms. The highest BCUT2D eigenvalue weighted by molar-refractivity contribution is 6.00. The third kappa shape index (κ3) is 3.60. The van der Waals surface area contributed by atoms with E-state index in [2.05, 4.69) is 15.1 Å². The van der Waals surface area contributed by atoms with E-state index in [-0.39, 0.29) is 29.6 Å². The minimum absolute atomic E-state index is 0.0642. The van der Waals surface area contributed by atoms with Crippen molar-refractivity contribution in [1.29, 1.82) is 0 Å². The van der Waals surface area contributed by atoms with Gasteiger partial charge < -0.3 is 9.64 Å². The van der Waals surface area contributed by atoms with E-state index >= 15 is 0 Å². The van der Waals surface area contributed by atoms with Gasteiger partial charge in [-0.05, 0) is 51.3 Å². The number of fused-ring (bicyclic) bond motifs is 2.